The van der Waals surface area contributed by atoms with Crippen LogP contribution in [0.15, 0.2) is 6.07 Å². The topological polar surface area (TPSA) is 64.3 Å². The number of hydrogen-bond acceptors (Lipinski definition) is 3. The summed E-state index contributed by atoms with van der Waals surface area (Å²) >= 11 is 0. The molecule has 1 rings (SSSR count). The lowest BCUT2D eigenvalue weighted by atomic mass is 9.98. The fraction of sp³-hybridized carbons (Fsp3) is 0.533. The normalized spacial score (nSPS) is 10.4. The van der Waals surface area contributed by atoms with Crippen molar-refractivity contribution in [1.82, 2.24) is 5.32 Å². The second-order valence-electron chi connectivity index (χ2n) is 4.80. The van der Waals surface area contributed by atoms with Crippen LogP contribution in [0, 0.1) is 20.8 Å². The number of benzene rings is 1. The van der Waals surface area contributed by atoms with Crippen molar-refractivity contribution in [1.29, 1.82) is 0 Å². The van der Waals surface area contributed by atoms with Gasteiger partial charge in [-0.3, -0.25) is 4.79 Å². The monoisotopic (exact) mass is 264 g/mol. The first-order valence-electron chi connectivity index (χ1n) is 6.61. The van der Waals surface area contributed by atoms with Gasteiger partial charge in [-0.15, -0.1) is 0 Å². The van der Waals surface area contributed by atoms with Crippen molar-refractivity contribution in [3.63, 3.8) is 0 Å². The van der Waals surface area contributed by atoms with Crippen LogP contribution in [0.5, 0.6) is 5.75 Å². The SMILES string of the molecule is COc1c(C)cc(CNC(=O)CCCN)c(C)c1C. The smallest absolute Gasteiger partial charge is 0.220 e. The summed E-state index contributed by atoms with van der Waals surface area (Å²) in [6, 6.07) is 2.07. The van der Waals surface area contributed by atoms with Crippen LogP contribution >= 0.6 is 0 Å². The summed E-state index contributed by atoms with van der Waals surface area (Å²) in [6.45, 7) is 7.22. The second-order valence-corrected chi connectivity index (χ2v) is 4.80. The summed E-state index contributed by atoms with van der Waals surface area (Å²) in [5.41, 5.74) is 9.92. The van der Waals surface area contributed by atoms with Crippen LogP contribution in [0.3, 0.4) is 0 Å². The Kier molecular flexibility index (Phi) is 5.83. The third-order valence-corrected chi connectivity index (χ3v) is 3.42. The molecule has 0 aliphatic carbocycles. The first kappa shape index (κ1) is 15.5. The zero-order valence-electron chi connectivity index (χ0n) is 12.3. The van der Waals surface area contributed by atoms with E-state index in [2.05, 4.69) is 18.3 Å². The molecule has 0 aliphatic heterocycles. The lowest BCUT2D eigenvalue weighted by molar-refractivity contribution is -0.121. The Hall–Kier alpha value is -1.55. The van der Waals surface area contributed by atoms with Crippen molar-refractivity contribution in [3.05, 3.63) is 28.3 Å². The molecule has 0 saturated carbocycles. The standard InChI is InChI=1S/C15H24N2O2/c1-10-8-13(9-17-14(18)6-5-7-16)11(2)12(3)15(10)19-4/h8H,5-7,9,16H2,1-4H3,(H,17,18). The molecule has 0 unspecified atom stereocenters. The fourth-order valence-corrected chi connectivity index (χ4v) is 2.18. The van der Waals surface area contributed by atoms with E-state index in [1.54, 1.807) is 7.11 Å². The van der Waals surface area contributed by atoms with Gasteiger partial charge >= 0.3 is 0 Å². The van der Waals surface area contributed by atoms with Crippen molar-refractivity contribution in [2.24, 2.45) is 5.73 Å². The van der Waals surface area contributed by atoms with Crippen molar-refractivity contribution in [2.45, 2.75) is 40.2 Å². The number of carbonyl (C=O) groups excluding carboxylic acids is 1. The Labute approximate surface area is 115 Å². The van der Waals surface area contributed by atoms with Gasteiger partial charge in [0.25, 0.3) is 0 Å². The molecule has 0 bridgehead atoms. The number of methoxy groups -OCH3 is 1. The predicted octanol–water partition coefficient (Wildman–Crippen LogP) is 1.98. The molecule has 1 aromatic rings. The first-order chi connectivity index (χ1) is 9.01. The van der Waals surface area contributed by atoms with Crippen LogP contribution in [-0.4, -0.2) is 19.6 Å². The summed E-state index contributed by atoms with van der Waals surface area (Å²) in [5.74, 6) is 0.978. The van der Waals surface area contributed by atoms with Crippen LogP contribution in [-0.2, 0) is 11.3 Å². The molecule has 0 aromatic heterocycles. The molecule has 0 heterocycles. The molecule has 1 aromatic carbocycles. The highest BCUT2D eigenvalue weighted by Gasteiger charge is 2.11. The van der Waals surface area contributed by atoms with Crippen molar-refractivity contribution >= 4 is 5.91 Å². The minimum absolute atomic E-state index is 0.0518. The fourth-order valence-electron chi connectivity index (χ4n) is 2.18. The molecule has 0 saturated heterocycles. The number of carbonyl (C=O) groups is 1. The molecular weight excluding hydrogens is 240 g/mol. The highest BCUT2D eigenvalue weighted by atomic mass is 16.5. The maximum absolute atomic E-state index is 11.6. The quantitative estimate of drug-likeness (QED) is 0.825. The van der Waals surface area contributed by atoms with Gasteiger partial charge in [0.2, 0.25) is 5.91 Å². The lowest BCUT2D eigenvalue weighted by Crippen LogP contribution is -2.23. The number of rotatable bonds is 6. The Bertz CT molecular complexity index is 456. The molecular formula is C15H24N2O2. The highest BCUT2D eigenvalue weighted by Crippen LogP contribution is 2.28. The van der Waals surface area contributed by atoms with E-state index in [-0.39, 0.29) is 5.91 Å². The van der Waals surface area contributed by atoms with Gasteiger partial charge < -0.3 is 15.8 Å². The van der Waals surface area contributed by atoms with E-state index in [0.717, 1.165) is 28.9 Å². The predicted molar refractivity (Wildman–Crippen MR) is 77.3 cm³/mol. The average molecular weight is 264 g/mol. The Morgan fingerprint density at radius 3 is 2.58 bits per heavy atom. The molecule has 4 nitrogen and oxygen atoms in total. The second kappa shape index (κ2) is 7.14. The third kappa shape index (κ3) is 3.96. The van der Waals surface area contributed by atoms with E-state index in [1.807, 2.05) is 13.8 Å². The lowest BCUT2D eigenvalue weighted by Gasteiger charge is -2.16. The van der Waals surface area contributed by atoms with Gasteiger partial charge in [-0.1, -0.05) is 6.07 Å². The van der Waals surface area contributed by atoms with Gasteiger partial charge in [0.05, 0.1) is 7.11 Å². The number of hydrogen-bond donors (Lipinski definition) is 2. The molecule has 0 fully saturated rings. The molecule has 3 N–H and O–H groups in total. The van der Waals surface area contributed by atoms with Gasteiger partial charge in [0, 0.05) is 13.0 Å². The van der Waals surface area contributed by atoms with Gasteiger partial charge in [-0.05, 0) is 56.0 Å². The largest absolute Gasteiger partial charge is 0.496 e. The number of ether oxygens (including phenoxy) is 1. The molecule has 106 valence electrons. The summed E-state index contributed by atoms with van der Waals surface area (Å²) in [5, 5.41) is 2.93. The van der Waals surface area contributed by atoms with Crippen LogP contribution < -0.4 is 15.8 Å². The van der Waals surface area contributed by atoms with E-state index < -0.39 is 0 Å². The van der Waals surface area contributed by atoms with Crippen molar-refractivity contribution in [2.75, 3.05) is 13.7 Å². The number of nitrogens with two attached hydrogens (primary N) is 1. The van der Waals surface area contributed by atoms with Crippen molar-refractivity contribution < 1.29 is 9.53 Å². The van der Waals surface area contributed by atoms with Crippen LogP contribution in [0.4, 0.5) is 0 Å². The zero-order valence-corrected chi connectivity index (χ0v) is 12.3. The Morgan fingerprint density at radius 1 is 1.32 bits per heavy atom. The summed E-state index contributed by atoms with van der Waals surface area (Å²) in [4.78, 5) is 11.6. The minimum Gasteiger partial charge on any atom is -0.496 e. The summed E-state index contributed by atoms with van der Waals surface area (Å²) in [7, 11) is 1.68. The summed E-state index contributed by atoms with van der Waals surface area (Å²) < 4.78 is 5.39. The molecule has 0 spiro atoms. The minimum atomic E-state index is 0.0518. The molecule has 19 heavy (non-hydrogen) atoms. The molecule has 1 amide bonds. The maximum Gasteiger partial charge on any atom is 0.220 e. The number of nitrogens with one attached hydrogen (secondary N) is 1. The molecule has 4 heteroatoms. The Morgan fingerprint density at radius 2 is 2.00 bits per heavy atom. The van der Waals surface area contributed by atoms with Crippen LogP contribution in [0.2, 0.25) is 0 Å². The third-order valence-electron chi connectivity index (χ3n) is 3.42. The first-order valence-corrected chi connectivity index (χ1v) is 6.61. The van der Waals surface area contributed by atoms with E-state index in [0.29, 0.717) is 19.5 Å². The van der Waals surface area contributed by atoms with Gasteiger partial charge in [-0.25, -0.2) is 0 Å². The van der Waals surface area contributed by atoms with Gasteiger partial charge in [-0.2, -0.15) is 0 Å². The van der Waals surface area contributed by atoms with E-state index in [9.17, 15) is 4.79 Å². The van der Waals surface area contributed by atoms with Gasteiger partial charge in [0.1, 0.15) is 5.75 Å². The van der Waals surface area contributed by atoms with E-state index in [4.69, 9.17) is 10.5 Å². The zero-order chi connectivity index (χ0) is 14.4. The summed E-state index contributed by atoms with van der Waals surface area (Å²) in [6.07, 6.45) is 1.22. The van der Waals surface area contributed by atoms with E-state index in [1.165, 1.54) is 5.56 Å². The molecule has 0 aliphatic rings. The Balaban J connectivity index is 2.77. The van der Waals surface area contributed by atoms with Crippen molar-refractivity contribution in [3.8, 4) is 5.75 Å². The van der Waals surface area contributed by atoms with Gasteiger partial charge in [0.15, 0.2) is 0 Å². The molecule has 0 radical (unpaired) electrons. The highest BCUT2D eigenvalue weighted by molar-refractivity contribution is 5.75. The number of aryl methyl sites for hydroxylation is 1. The van der Waals surface area contributed by atoms with Crippen LogP contribution in [0.1, 0.15) is 35.1 Å². The van der Waals surface area contributed by atoms with Crippen LogP contribution in [0.25, 0.3) is 0 Å². The average Bonchev–Trinajstić information content (AvgIpc) is 2.39. The van der Waals surface area contributed by atoms with E-state index >= 15 is 0 Å². The molecule has 0 atom stereocenters. The maximum atomic E-state index is 11.6. The number of amides is 1.